The standard InChI is InChI=1S/C6H14O2.C5H10O2/c1-5(2)7-8-6(3)4;1-5(2,3)7-4-6/h5-6H,1-4H3;4H,1-3H3. The van der Waals surface area contributed by atoms with E-state index in [1.807, 2.05) is 48.5 Å². The van der Waals surface area contributed by atoms with Crippen LogP contribution in [0.4, 0.5) is 0 Å². The minimum atomic E-state index is -0.318. The van der Waals surface area contributed by atoms with Gasteiger partial charge in [0, 0.05) is 0 Å². The summed E-state index contributed by atoms with van der Waals surface area (Å²) >= 11 is 0. The highest BCUT2D eigenvalue weighted by atomic mass is 17.2. The summed E-state index contributed by atoms with van der Waals surface area (Å²) in [6.45, 7) is 13.7. The summed E-state index contributed by atoms with van der Waals surface area (Å²) in [5.41, 5.74) is -0.318. The molecule has 15 heavy (non-hydrogen) atoms. The van der Waals surface area contributed by atoms with Crippen molar-refractivity contribution in [3.8, 4) is 0 Å². The Morgan fingerprint density at radius 2 is 1.27 bits per heavy atom. The van der Waals surface area contributed by atoms with Gasteiger partial charge in [-0.15, -0.1) is 0 Å². The number of carbonyl (C=O) groups is 1. The molecule has 0 amide bonds. The molecule has 0 saturated carbocycles. The third-order valence-corrected chi connectivity index (χ3v) is 0.842. The zero-order valence-electron chi connectivity index (χ0n) is 10.9. The maximum atomic E-state index is 9.60. The highest BCUT2D eigenvalue weighted by Gasteiger charge is 2.07. The topological polar surface area (TPSA) is 44.8 Å². The molecule has 0 saturated heterocycles. The Hall–Kier alpha value is -0.610. The van der Waals surface area contributed by atoms with Crippen LogP contribution in [0.15, 0.2) is 0 Å². The van der Waals surface area contributed by atoms with E-state index in [4.69, 9.17) is 9.78 Å². The Labute approximate surface area is 92.8 Å². The largest absolute Gasteiger partial charge is 0.462 e. The molecule has 0 aliphatic heterocycles. The number of hydrogen-bond acceptors (Lipinski definition) is 4. The van der Waals surface area contributed by atoms with Crippen molar-refractivity contribution in [1.29, 1.82) is 0 Å². The molecule has 0 aromatic carbocycles. The fourth-order valence-electron chi connectivity index (χ4n) is 0.367. The summed E-state index contributed by atoms with van der Waals surface area (Å²) in [4.78, 5) is 19.2. The van der Waals surface area contributed by atoms with Crippen molar-refractivity contribution < 1.29 is 19.3 Å². The number of rotatable bonds is 4. The fraction of sp³-hybridized carbons (Fsp3) is 0.909. The monoisotopic (exact) mass is 220 g/mol. The van der Waals surface area contributed by atoms with Gasteiger partial charge in [0.1, 0.15) is 5.60 Å². The molecule has 0 aromatic rings. The molecule has 4 nitrogen and oxygen atoms in total. The average molecular weight is 220 g/mol. The van der Waals surface area contributed by atoms with Crippen LogP contribution in [0, 0.1) is 0 Å². The summed E-state index contributed by atoms with van der Waals surface area (Å²) in [5.74, 6) is 0. The van der Waals surface area contributed by atoms with Crippen molar-refractivity contribution >= 4 is 6.47 Å². The Balaban J connectivity index is 0. The van der Waals surface area contributed by atoms with Crippen LogP contribution in [0.25, 0.3) is 0 Å². The van der Waals surface area contributed by atoms with Crippen LogP contribution in [0.3, 0.4) is 0 Å². The number of carbonyl (C=O) groups excluding carboxylic acids is 1. The molecule has 0 unspecified atom stereocenters. The predicted molar refractivity (Wildman–Crippen MR) is 59.3 cm³/mol. The Bertz CT molecular complexity index is 139. The zero-order valence-corrected chi connectivity index (χ0v) is 10.9. The number of hydrogen-bond donors (Lipinski definition) is 0. The lowest BCUT2D eigenvalue weighted by Crippen LogP contribution is -2.17. The molecule has 0 heterocycles. The number of ether oxygens (including phenoxy) is 1. The van der Waals surface area contributed by atoms with Crippen LogP contribution < -0.4 is 0 Å². The molecule has 4 heteroatoms. The third kappa shape index (κ3) is 24.7. The third-order valence-electron chi connectivity index (χ3n) is 0.842. The van der Waals surface area contributed by atoms with Crippen molar-refractivity contribution in [3.63, 3.8) is 0 Å². The van der Waals surface area contributed by atoms with Gasteiger partial charge in [0.2, 0.25) is 0 Å². The summed E-state index contributed by atoms with van der Waals surface area (Å²) in [6, 6.07) is 0. The molecule has 0 bridgehead atoms. The molecule has 0 radical (unpaired) electrons. The van der Waals surface area contributed by atoms with Gasteiger partial charge >= 0.3 is 0 Å². The van der Waals surface area contributed by atoms with Crippen molar-refractivity contribution in [3.05, 3.63) is 0 Å². The molecular weight excluding hydrogens is 196 g/mol. The van der Waals surface area contributed by atoms with E-state index in [0.717, 1.165) is 0 Å². The van der Waals surface area contributed by atoms with Gasteiger partial charge < -0.3 is 4.74 Å². The van der Waals surface area contributed by atoms with Crippen LogP contribution >= 0.6 is 0 Å². The molecule has 0 rings (SSSR count). The quantitative estimate of drug-likeness (QED) is 0.415. The molecule has 0 fully saturated rings. The van der Waals surface area contributed by atoms with Crippen LogP contribution in [0.5, 0.6) is 0 Å². The second kappa shape index (κ2) is 8.68. The van der Waals surface area contributed by atoms with Gasteiger partial charge in [0.25, 0.3) is 6.47 Å². The zero-order chi connectivity index (χ0) is 12.5. The van der Waals surface area contributed by atoms with Crippen LogP contribution in [0.1, 0.15) is 48.5 Å². The predicted octanol–water partition coefficient (Wildman–Crippen LogP) is 2.71. The van der Waals surface area contributed by atoms with Gasteiger partial charge in [0.15, 0.2) is 0 Å². The molecule has 0 atom stereocenters. The molecular formula is C11H24O4. The molecule has 0 aliphatic carbocycles. The average Bonchev–Trinajstić information content (AvgIpc) is 1.99. The SMILES string of the molecule is CC(C)(C)OC=O.CC(C)OOC(C)C. The smallest absolute Gasteiger partial charge is 0.293 e. The van der Waals surface area contributed by atoms with Crippen molar-refractivity contribution in [2.45, 2.75) is 66.3 Å². The summed E-state index contributed by atoms with van der Waals surface area (Å²) in [7, 11) is 0. The van der Waals surface area contributed by atoms with E-state index in [1.54, 1.807) is 0 Å². The van der Waals surface area contributed by atoms with E-state index in [1.165, 1.54) is 0 Å². The second-order valence-corrected chi connectivity index (χ2v) is 4.62. The van der Waals surface area contributed by atoms with Gasteiger partial charge in [-0.25, -0.2) is 9.78 Å². The summed E-state index contributed by atoms with van der Waals surface area (Å²) in [6.07, 6.45) is 0.329. The van der Waals surface area contributed by atoms with Crippen molar-refractivity contribution in [2.24, 2.45) is 0 Å². The first-order valence-corrected chi connectivity index (χ1v) is 5.12. The van der Waals surface area contributed by atoms with Crippen LogP contribution in [-0.2, 0) is 19.3 Å². The molecule has 0 spiro atoms. The van der Waals surface area contributed by atoms with Crippen LogP contribution in [0.2, 0.25) is 0 Å². The van der Waals surface area contributed by atoms with Crippen LogP contribution in [-0.4, -0.2) is 24.3 Å². The lowest BCUT2D eigenvalue weighted by molar-refractivity contribution is -0.337. The van der Waals surface area contributed by atoms with Gasteiger partial charge in [0.05, 0.1) is 12.2 Å². The first-order chi connectivity index (χ1) is 6.69. The minimum Gasteiger partial charge on any atom is -0.462 e. The minimum absolute atomic E-state index is 0.164. The van der Waals surface area contributed by atoms with E-state index in [0.29, 0.717) is 6.47 Å². The summed E-state index contributed by atoms with van der Waals surface area (Å²) in [5, 5.41) is 0. The van der Waals surface area contributed by atoms with E-state index in [2.05, 4.69) is 4.74 Å². The normalized spacial score (nSPS) is 11.0. The van der Waals surface area contributed by atoms with Crippen molar-refractivity contribution in [1.82, 2.24) is 0 Å². The highest BCUT2D eigenvalue weighted by molar-refractivity contribution is 5.37. The molecule has 92 valence electrons. The first-order valence-electron chi connectivity index (χ1n) is 5.12. The van der Waals surface area contributed by atoms with Gasteiger partial charge in [-0.05, 0) is 48.5 Å². The molecule has 0 aromatic heterocycles. The highest BCUT2D eigenvalue weighted by Crippen LogP contribution is 2.02. The van der Waals surface area contributed by atoms with Gasteiger partial charge in [-0.2, -0.15) is 0 Å². The maximum absolute atomic E-state index is 9.60. The molecule has 0 aliphatic rings. The van der Waals surface area contributed by atoms with E-state index < -0.39 is 0 Å². The fourth-order valence-corrected chi connectivity index (χ4v) is 0.367. The maximum Gasteiger partial charge on any atom is 0.293 e. The van der Waals surface area contributed by atoms with E-state index in [9.17, 15) is 4.79 Å². The first kappa shape index (κ1) is 16.8. The van der Waals surface area contributed by atoms with Crippen molar-refractivity contribution in [2.75, 3.05) is 0 Å². The second-order valence-electron chi connectivity index (χ2n) is 4.62. The van der Waals surface area contributed by atoms with Gasteiger partial charge in [-0.1, -0.05) is 0 Å². The lowest BCUT2D eigenvalue weighted by atomic mass is 10.2. The Morgan fingerprint density at radius 3 is 1.33 bits per heavy atom. The van der Waals surface area contributed by atoms with Gasteiger partial charge in [-0.3, -0.25) is 4.79 Å². The Kier molecular flexibility index (Phi) is 9.72. The Morgan fingerprint density at radius 1 is 0.933 bits per heavy atom. The van der Waals surface area contributed by atoms with E-state index >= 15 is 0 Å². The summed E-state index contributed by atoms with van der Waals surface area (Å²) < 4.78 is 4.55. The van der Waals surface area contributed by atoms with E-state index in [-0.39, 0.29) is 17.8 Å². The lowest BCUT2D eigenvalue weighted by Gasteiger charge is -2.14. The molecule has 0 N–H and O–H groups in total.